The van der Waals surface area contributed by atoms with Crippen LogP contribution in [0.2, 0.25) is 0 Å². The van der Waals surface area contributed by atoms with Crippen molar-refractivity contribution in [1.82, 2.24) is 25.7 Å². The lowest BCUT2D eigenvalue weighted by atomic mass is 10.0. The van der Waals surface area contributed by atoms with Crippen molar-refractivity contribution in [2.75, 3.05) is 30.6 Å². The number of anilines is 1. The fourth-order valence-electron chi connectivity index (χ4n) is 4.44. The molecule has 10 nitrogen and oxygen atoms in total. The van der Waals surface area contributed by atoms with E-state index in [1.807, 2.05) is 23.3 Å². The zero-order valence-electron chi connectivity index (χ0n) is 24.9. The first-order valence-electron chi connectivity index (χ1n) is 15.0. The number of nitrogen functional groups attached to an aromatic ring is 1. The van der Waals surface area contributed by atoms with Crippen molar-refractivity contribution < 1.29 is 18.3 Å². The first kappa shape index (κ1) is 36.7. The summed E-state index contributed by atoms with van der Waals surface area (Å²) in [6, 6.07) is 0. The molecule has 0 saturated heterocycles. The molecular weight excluding hydrogens is 547 g/mol. The third-order valence-electron chi connectivity index (χ3n) is 6.71. The summed E-state index contributed by atoms with van der Waals surface area (Å²) in [7, 11) is -2.18. The Kier molecular flexibility index (Phi) is 22.2. The van der Waals surface area contributed by atoms with Crippen LogP contribution in [0.15, 0.2) is 12.7 Å². The van der Waals surface area contributed by atoms with Gasteiger partial charge in [0.2, 0.25) is 6.79 Å². The van der Waals surface area contributed by atoms with E-state index in [-0.39, 0.29) is 19.0 Å². The number of nitrogens with two attached hydrogens (primary N) is 1. The van der Waals surface area contributed by atoms with Crippen LogP contribution >= 0.6 is 20.0 Å². The number of unbranched alkanes of at least 4 members (excludes halogenated alkanes) is 14. The van der Waals surface area contributed by atoms with E-state index in [0.29, 0.717) is 30.1 Å². The number of hydrogen-bond donors (Lipinski definition) is 2. The number of hydrogen-bond acceptors (Lipinski definition) is 10. The summed E-state index contributed by atoms with van der Waals surface area (Å²) in [5.41, 5.74) is 7.03. The molecule has 0 aliphatic carbocycles. The molecule has 2 aromatic rings. The SMILES string of the molecule is CCCCCCCCCCCCCCCCCSCCO[P+](=O)OCO[C@H](C)Cn1cnc2c(N)ncnc21.N. The molecule has 0 amide bonds. The summed E-state index contributed by atoms with van der Waals surface area (Å²) < 4.78 is 29.8. The number of ether oxygens (including phenoxy) is 1. The Hall–Kier alpha value is -1.36. The lowest BCUT2D eigenvalue weighted by Crippen LogP contribution is -2.17. The first-order valence-corrected chi connectivity index (χ1v) is 17.2. The molecule has 0 radical (unpaired) electrons. The van der Waals surface area contributed by atoms with E-state index in [4.69, 9.17) is 19.5 Å². The van der Waals surface area contributed by atoms with Crippen LogP contribution in [0.3, 0.4) is 0 Å². The Morgan fingerprint density at radius 1 is 0.875 bits per heavy atom. The van der Waals surface area contributed by atoms with Crippen molar-refractivity contribution in [3.63, 3.8) is 0 Å². The second kappa shape index (κ2) is 24.3. The number of fused-ring (bicyclic) bond motifs is 1. The van der Waals surface area contributed by atoms with E-state index >= 15 is 0 Å². The van der Waals surface area contributed by atoms with Gasteiger partial charge in [0.15, 0.2) is 11.5 Å². The molecule has 2 aromatic heterocycles. The monoisotopic (exact) mass is 601 g/mol. The van der Waals surface area contributed by atoms with Crippen molar-refractivity contribution >= 4 is 37.0 Å². The van der Waals surface area contributed by atoms with Crippen molar-refractivity contribution in [2.45, 2.75) is 123 Å². The molecule has 0 fully saturated rings. The highest BCUT2D eigenvalue weighted by Gasteiger charge is 2.21. The van der Waals surface area contributed by atoms with Gasteiger partial charge < -0.3 is 21.2 Å². The van der Waals surface area contributed by atoms with Crippen molar-refractivity contribution in [1.29, 1.82) is 0 Å². The Balaban J connectivity index is 0.00000800. The Bertz CT molecular complexity index is 907. The van der Waals surface area contributed by atoms with Gasteiger partial charge in [0.25, 0.3) is 0 Å². The summed E-state index contributed by atoms with van der Waals surface area (Å²) in [5, 5.41) is 0. The largest absolute Gasteiger partial charge is 0.699 e. The summed E-state index contributed by atoms with van der Waals surface area (Å²) in [6.45, 7) is 4.98. The maximum Gasteiger partial charge on any atom is 0.699 e. The normalized spacial score (nSPS) is 12.5. The molecule has 0 aliphatic heterocycles. The second-order valence-corrected chi connectivity index (χ2v) is 12.4. The molecule has 2 rings (SSSR count). The van der Waals surface area contributed by atoms with Gasteiger partial charge >= 0.3 is 8.25 Å². The molecular formula is C28H54N6O4PS+. The number of imidazole rings is 1. The van der Waals surface area contributed by atoms with Gasteiger partial charge in [-0.25, -0.2) is 15.0 Å². The van der Waals surface area contributed by atoms with Crippen molar-refractivity contribution in [2.24, 2.45) is 0 Å². The zero-order chi connectivity index (χ0) is 28.0. The van der Waals surface area contributed by atoms with Crippen LogP contribution in [0.1, 0.15) is 110 Å². The molecule has 0 aliphatic rings. The highest BCUT2D eigenvalue weighted by atomic mass is 32.2. The predicted octanol–water partition coefficient (Wildman–Crippen LogP) is 8.23. The predicted molar refractivity (Wildman–Crippen MR) is 167 cm³/mol. The Labute approximate surface area is 246 Å². The van der Waals surface area contributed by atoms with Crippen molar-refractivity contribution in [3.8, 4) is 0 Å². The van der Waals surface area contributed by atoms with Gasteiger partial charge in [0.1, 0.15) is 18.5 Å². The molecule has 0 saturated carbocycles. The topological polar surface area (TPSA) is 149 Å². The molecule has 12 heteroatoms. The van der Waals surface area contributed by atoms with E-state index in [2.05, 4.69) is 21.9 Å². The van der Waals surface area contributed by atoms with Crippen LogP contribution in [0.25, 0.3) is 11.2 Å². The third-order valence-corrected chi connectivity index (χ3v) is 8.45. The lowest BCUT2D eigenvalue weighted by molar-refractivity contribution is -0.0364. The summed E-state index contributed by atoms with van der Waals surface area (Å²) in [6.07, 6.45) is 23.6. The summed E-state index contributed by atoms with van der Waals surface area (Å²) >= 11 is 1.85. The average Bonchev–Trinajstić information content (AvgIpc) is 3.33. The molecule has 0 bridgehead atoms. The fourth-order valence-corrected chi connectivity index (χ4v) is 5.84. The van der Waals surface area contributed by atoms with Gasteiger partial charge in [-0.15, -0.1) is 4.52 Å². The van der Waals surface area contributed by atoms with Crippen molar-refractivity contribution in [3.05, 3.63) is 12.7 Å². The molecule has 2 atom stereocenters. The van der Waals surface area contributed by atoms with E-state index < -0.39 is 8.25 Å². The molecule has 0 spiro atoms. The maximum atomic E-state index is 11.9. The molecule has 40 heavy (non-hydrogen) atoms. The van der Waals surface area contributed by atoms with Crippen LogP contribution in [0, 0.1) is 0 Å². The Morgan fingerprint density at radius 3 is 2.10 bits per heavy atom. The Morgan fingerprint density at radius 2 is 1.48 bits per heavy atom. The number of nitrogens with zero attached hydrogens (tertiary/aromatic N) is 4. The third kappa shape index (κ3) is 16.8. The van der Waals surface area contributed by atoms with Gasteiger partial charge in [-0.2, -0.15) is 11.8 Å². The second-order valence-electron chi connectivity index (χ2n) is 10.2. The fraction of sp³-hybridized carbons (Fsp3) is 0.821. The number of thioether (sulfide) groups is 1. The quantitative estimate of drug-likeness (QED) is 0.0613. The molecule has 5 N–H and O–H groups in total. The zero-order valence-corrected chi connectivity index (χ0v) is 26.6. The minimum absolute atomic E-state index is 0. The number of aromatic nitrogens is 4. The highest BCUT2D eigenvalue weighted by molar-refractivity contribution is 7.99. The highest BCUT2D eigenvalue weighted by Crippen LogP contribution is 2.24. The van der Waals surface area contributed by atoms with Crippen LogP contribution in [0.4, 0.5) is 5.82 Å². The average molecular weight is 602 g/mol. The van der Waals surface area contributed by atoms with Gasteiger partial charge in [0.05, 0.1) is 19.0 Å². The van der Waals surface area contributed by atoms with E-state index in [9.17, 15) is 4.57 Å². The van der Waals surface area contributed by atoms with E-state index in [0.717, 1.165) is 11.5 Å². The standard InChI is InChI=1S/C28H51N5O4PS.H3N/c1-3-4-5-6-7-8-9-10-11-12-13-14-15-16-17-19-39-20-18-36-38(34)37-24-35-25(2)21-33-23-32-26-27(29)30-22-31-28(26)33;/h22-23,25H,3-21,24H2,1-2H3,(H2,29,30,31);1H3/q+1;/t25-;/m1./s1. The van der Waals surface area contributed by atoms with E-state index in [1.165, 1.54) is 103 Å². The summed E-state index contributed by atoms with van der Waals surface area (Å²) in [5.74, 6) is 2.29. The molecule has 230 valence electrons. The van der Waals surface area contributed by atoms with Gasteiger partial charge in [-0.3, -0.25) is 0 Å². The van der Waals surface area contributed by atoms with Crippen LogP contribution in [-0.4, -0.2) is 50.5 Å². The smallest absolute Gasteiger partial charge is 0.382 e. The van der Waals surface area contributed by atoms with Crippen LogP contribution < -0.4 is 11.9 Å². The minimum atomic E-state index is -2.18. The molecule has 2 heterocycles. The first-order chi connectivity index (χ1) is 19.1. The number of rotatable bonds is 26. The van der Waals surface area contributed by atoms with E-state index in [1.54, 1.807) is 6.33 Å². The van der Waals surface area contributed by atoms with Gasteiger partial charge in [0, 0.05) is 10.3 Å². The summed E-state index contributed by atoms with van der Waals surface area (Å²) in [4.78, 5) is 12.4. The van der Waals surface area contributed by atoms with Crippen LogP contribution in [-0.2, 0) is 24.9 Å². The van der Waals surface area contributed by atoms with Gasteiger partial charge in [-0.1, -0.05) is 101 Å². The van der Waals surface area contributed by atoms with Crippen LogP contribution in [0.5, 0.6) is 0 Å². The molecule has 1 unspecified atom stereocenters. The maximum absolute atomic E-state index is 11.9. The molecule has 0 aromatic carbocycles. The minimum Gasteiger partial charge on any atom is -0.382 e. The van der Waals surface area contributed by atoms with Gasteiger partial charge in [-0.05, 0) is 19.1 Å². The lowest BCUT2D eigenvalue weighted by Gasteiger charge is -2.11.